The molecule has 0 atom stereocenters. The number of rotatable bonds is 2. The summed E-state index contributed by atoms with van der Waals surface area (Å²) < 4.78 is 0. The Kier molecular flexibility index (Phi) is 47.0. The molecule has 4 aromatic rings. The van der Waals surface area contributed by atoms with Crippen LogP contribution in [0.15, 0.2) is 97.8 Å². The average molecular weight is 867 g/mol. The molecule has 0 aromatic carbocycles. The van der Waals surface area contributed by atoms with Gasteiger partial charge in [0.05, 0.1) is 43.9 Å². The molecule has 0 spiro atoms. The van der Waals surface area contributed by atoms with E-state index in [1.807, 2.05) is 60.7 Å². The van der Waals surface area contributed by atoms with Gasteiger partial charge in [-0.25, -0.2) is 0 Å². The molecule has 0 saturated carbocycles. The van der Waals surface area contributed by atoms with Gasteiger partial charge in [0, 0.05) is 62.2 Å². The van der Waals surface area contributed by atoms with Crippen LogP contribution < -0.4 is 0 Å². The Hall–Kier alpha value is -5.78. The maximum atomic E-state index is 8.25. The van der Waals surface area contributed by atoms with Gasteiger partial charge in [-0.1, -0.05) is 12.1 Å². The minimum atomic E-state index is -1.75. The normalized spacial score (nSPS) is 7.17. The van der Waals surface area contributed by atoms with E-state index < -0.39 is 20.3 Å². The molecule has 4 rings (SSSR count). The van der Waals surface area contributed by atoms with Crippen molar-refractivity contribution < 1.29 is 74.9 Å². The Morgan fingerprint density at radius 1 is 0.479 bits per heavy atom. The van der Waals surface area contributed by atoms with Gasteiger partial charge in [0.2, 0.25) is 0 Å². The first-order valence-electron chi connectivity index (χ1n) is 11.2. The molecular formula is C24H22Cd2N10O12. The first kappa shape index (κ1) is 54.7. The number of hydrogen-bond acceptors (Lipinski definition) is 18. The molecule has 22 nitrogen and oxygen atoms in total. The van der Waals surface area contributed by atoms with Crippen LogP contribution in [0.4, 0.5) is 0 Å². The van der Waals surface area contributed by atoms with Crippen molar-refractivity contribution in [3.05, 3.63) is 159 Å². The number of nitriles is 2. The van der Waals surface area contributed by atoms with E-state index in [0.29, 0.717) is 0 Å². The quantitative estimate of drug-likeness (QED) is 0.153. The summed E-state index contributed by atoms with van der Waals surface area (Å²) >= 11 is 0. The number of hydrogen-bond donors (Lipinski definition) is 0. The van der Waals surface area contributed by atoms with Crippen molar-refractivity contribution >= 4 is 0 Å². The van der Waals surface area contributed by atoms with Crippen LogP contribution >= 0.6 is 0 Å². The molecule has 244 valence electrons. The Morgan fingerprint density at radius 3 is 0.854 bits per heavy atom. The van der Waals surface area contributed by atoms with Crippen molar-refractivity contribution in [2.75, 3.05) is 0 Å². The van der Waals surface area contributed by atoms with Gasteiger partial charge >= 0.3 is 54.6 Å². The Labute approximate surface area is 311 Å². The fraction of sp³-hybridized carbons (Fsp3) is 0.0833. The van der Waals surface area contributed by atoms with E-state index in [1.165, 1.54) is 13.8 Å². The first-order chi connectivity index (χ1) is 21.7. The zero-order valence-electron chi connectivity index (χ0n) is 25.0. The molecular weight excluding hydrogens is 845 g/mol. The molecule has 24 heteroatoms. The smallest absolute Gasteiger partial charge is 0.356 e. The molecule has 0 radical (unpaired) electrons. The van der Waals surface area contributed by atoms with Crippen molar-refractivity contribution in [2.24, 2.45) is 0 Å². The van der Waals surface area contributed by atoms with Crippen molar-refractivity contribution in [3.63, 3.8) is 0 Å². The van der Waals surface area contributed by atoms with Crippen LogP contribution in [0.5, 0.6) is 0 Å². The van der Waals surface area contributed by atoms with Gasteiger partial charge in [-0.3, -0.25) is 19.9 Å². The van der Waals surface area contributed by atoms with Gasteiger partial charge in [-0.05, 0) is 48.5 Å². The number of pyridine rings is 4. The van der Waals surface area contributed by atoms with Crippen molar-refractivity contribution in [1.29, 1.82) is 10.5 Å². The topological polar surface area (TPSA) is 364 Å². The largest absolute Gasteiger partial charge is 2.00 e. The summed E-state index contributed by atoms with van der Waals surface area (Å²) in [5.74, 6) is 0. The number of aromatic nitrogens is 4. The van der Waals surface area contributed by atoms with Crippen molar-refractivity contribution in [1.82, 2.24) is 19.9 Å². The van der Waals surface area contributed by atoms with E-state index in [4.69, 9.17) is 71.8 Å². The Balaban J connectivity index is -0.000000114. The Bertz CT molecular complexity index is 1210. The summed E-state index contributed by atoms with van der Waals surface area (Å²) in [6, 6.07) is 23.0. The summed E-state index contributed by atoms with van der Waals surface area (Å²) in [6.45, 7) is 2.86. The fourth-order valence-corrected chi connectivity index (χ4v) is 2.11. The van der Waals surface area contributed by atoms with Crippen LogP contribution in [-0.2, 0) is 54.6 Å². The van der Waals surface area contributed by atoms with E-state index in [2.05, 4.69) is 19.9 Å². The summed E-state index contributed by atoms with van der Waals surface area (Å²) in [5.41, 5.74) is 4.18. The van der Waals surface area contributed by atoms with Gasteiger partial charge in [0.25, 0.3) is 0 Å². The summed E-state index contributed by atoms with van der Waals surface area (Å²) in [7, 11) is 0. The van der Waals surface area contributed by atoms with E-state index in [0.717, 1.165) is 22.5 Å². The molecule has 0 bridgehead atoms. The van der Waals surface area contributed by atoms with Crippen LogP contribution in [0.3, 0.4) is 0 Å². The summed E-state index contributed by atoms with van der Waals surface area (Å²) in [4.78, 5) is 49.3. The third-order valence-corrected chi connectivity index (χ3v) is 3.28. The fourth-order valence-electron chi connectivity index (χ4n) is 2.11. The van der Waals surface area contributed by atoms with Gasteiger partial charge < -0.3 is 61.3 Å². The predicted octanol–water partition coefficient (Wildman–Crippen LogP) is 4.39. The zero-order chi connectivity index (χ0) is 36.2. The van der Waals surface area contributed by atoms with E-state index in [1.54, 1.807) is 49.3 Å². The van der Waals surface area contributed by atoms with Crippen molar-refractivity contribution in [3.8, 4) is 34.7 Å². The Morgan fingerprint density at radius 2 is 0.688 bits per heavy atom. The average Bonchev–Trinajstić information content (AvgIpc) is 2.99. The third-order valence-electron chi connectivity index (χ3n) is 3.28. The predicted molar refractivity (Wildman–Crippen MR) is 159 cm³/mol. The van der Waals surface area contributed by atoms with Crippen LogP contribution in [0, 0.1) is 83.9 Å². The SMILES string of the molecule is CC#N.CC#N.O=[N+]([O-])[O-].O=[N+]([O-])[O-].O=[N+]([O-])[O-].O=[N+]([O-])[O-].[Cd+2].[Cd+2].c1ccc(-c2ccncc2)nc1.c1ccc(-c2ccncc2)nc1. The second-order valence-electron chi connectivity index (χ2n) is 6.24. The zero-order valence-corrected chi connectivity index (χ0v) is 33.1. The molecule has 0 fully saturated rings. The molecule has 4 aromatic heterocycles. The van der Waals surface area contributed by atoms with E-state index in [-0.39, 0.29) is 54.6 Å². The molecule has 0 N–H and O–H groups in total. The third kappa shape index (κ3) is 52.8. The van der Waals surface area contributed by atoms with Crippen LogP contribution in [0.25, 0.3) is 22.5 Å². The summed E-state index contributed by atoms with van der Waals surface area (Å²) in [6.07, 6.45) is 10.6. The second kappa shape index (κ2) is 41.2. The van der Waals surface area contributed by atoms with Gasteiger partial charge in [0.15, 0.2) is 0 Å². The maximum absolute atomic E-state index is 8.25. The second-order valence-corrected chi connectivity index (χ2v) is 6.24. The molecule has 0 aliphatic rings. The van der Waals surface area contributed by atoms with Crippen molar-refractivity contribution in [2.45, 2.75) is 13.8 Å². The van der Waals surface area contributed by atoms with Gasteiger partial charge in [-0.15, -0.1) is 0 Å². The molecule has 0 saturated heterocycles. The first-order valence-corrected chi connectivity index (χ1v) is 11.2. The summed E-state index contributed by atoms with van der Waals surface area (Å²) in [5, 5.41) is 73.6. The van der Waals surface area contributed by atoms with Crippen LogP contribution in [0.1, 0.15) is 13.8 Å². The van der Waals surface area contributed by atoms with Gasteiger partial charge in [-0.2, -0.15) is 10.5 Å². The maximum Gasteiger partial charge on any atom is 2.00 e. The molecule has 4 heterocycles. The molecule has 0 amide bonds. The molecule has 0 unspecified atom stereocenters. The van der Waals surface area contributed by atoms with Crippen LogP contribution in [-0.4, -0.2) is 40.3 Å². The minimum Gasteiger partial charge on any atom is -0.356 e. The van der Waals surface area contributed by atoms with E-state index >= 15 is 0 Å². The molecule has 48 heavy (non-hydrogen) atoms. The molecule has 0 aliphatic heterocycles. The standard InChI is InChI=1S/2C10H8N2.2C2H3N.2Cd.4NO3/c2*1-2-6-12-10(3-1)9-4-7-11-8-5-9;2*1-2-3;;;4*2-1(3)4/h2*1-8H;2*1H3;;;;;;/q;;;;2*+2;4*-1. The molecule has 0 aliphatic carbocycles. The van der Waals surface area contributed by atoms with Crippen LogP contribution in [0.2, 0.25) is 0 Å². The minimum absolute atomic E-state index is 0. The number of nitrogens with zero attached hydrogens (tertiary/aromatic N) is 10. The monoisotopic (exact) mass is 870 g/mol. The van der Waals surface area contributed by atoms with Gasteiger partial charge in [0.1, 0.15) is 0 Å². The van der Waals surface area contributed by atoms with E-state index in [9.17, 15) is 0 Å².